The molecule has 18 heavy (non-hydrogen) atoms. The van der Waals surface area contributed by atoms with Crippen molar-refractivity contribution >= 4 is 35.0 Å². The average Bonchev–Trinajstić information content (AvgIpc) is 2.27. The van der Waals surface area contributed by atoms with Crippen LogP contribution >= 0.6 is 23.4 Å². The van der Waals surface area contributed by atoms with E-state index in [-0.39, 0.29) is 22.1 Å². The number of nitrogens with two attached hydrogens (primary N) is 1. The van der Waals surface area contributed by atoms with Gasteiger partial charge in [-0.05, 0) is 29.4 Å². The van der Waals surface area contributed by atoms with Gasteiger partial charge in [-0.2, -0.15) is 15.0 Å². The minimum atomic E-state index is -0.478. The zero-order valence-electron chi connectivity index (χ0n) is 8.78. The number of nitro benzene ring substituents is 1. The Labute approximate surface area is 111 Å². The molecule has 0 saturated heterocycles. The molecular formula is C9H6ClN5O2S. The Hall–Kier alpha value is -1.93. The Bertz CT molecular complexity index is 589. The highest BCUT2D eigenvalue weighted by Crippen LogP contribution is 2.32. The van der Waals surface area contributed by atoms with Gasteiger partial charge in [0.25, 0.3) is 5.69 Å². The Morgan fingerprint density at radius 2 is 2.00 bits per heavy atom. The number of anilines is 1. The Morgan fingerprint density at radius 3 is 2.67 bits per heavy atom. The van der Waals surface area contributed by atoms with E-state index in [0.29, 0.717) is 4.90 Å². The third kappa shape index (κ3) is 2.84. The highest BCUT2D eigenvalue weighted by Gasteiger charge is 2.15. The summed E-state index contributed by atoms with van der Waals surface area (Å²) in [5.41, 5.74) is 5.39. The molecule has 1 heterocycles. The van der Waals surface area contributed by atoms with Gasteiger partial charge in [-0.3, -0.25) is 10.1 Å². The molecule has 0 bridgehead atoms. The van der Waals surface area contributed by atoms with E-state index >= 15 is 0 Å². The van der Waals surface area contributed by atoms with Crippen LogP contribution in [0.25, 0.3) is 0 Å². The fourth-order valence-electron chi connectivity index (χ4n) is 1.18. The molecule has 92 valence electrons. The second-order valence-electron chi connectivity index (χ2n) is 3.07. The molecule has 0 aliphatic heterocycles. The standard InChI is InChI=1S/C9H6ClN5O2S/c10-7-12-8(11)14-9(13-7)18-6-4-2-1-3-5(6)15(16)17/h1-4H,(H2,11,12,13,14). The van der Waals surface area contributed by atoms with Gasteiger partial charge < -0.3 is 5.73 Å². The van der Waals surface area contributed by atoms with Gasteiger partial charge in [-0.1, -0.05) is 12.1 Å². The first-order valence-corrected chi connectivity index (χ1v) is 5.84. The van der Waals surface area contributed by atoms with Crippen molar-refractivity contribution in [1.82, 2.24) is 15.0 Å². The zero-order valence-corrected chi connectivity index (χ0v) is 10.4. The lowest BCUT2D eigenvalue weighted by Gasteiger charge is -2.02. The summed E-state index contributed by atoms with van der Waals surface area (Å²) in [7, 11) is 0. The van der Waals surface area contributed by atoms with Crippen LogP contribution in [0.3, 0.4) is 0 Å². The van der Waals surface area contributed by atoms with Crippen molar-refractivity contribution in [3.63, 3.8) is 0 Å². The molecule has 2 rings (SSSR count). The van der Waals surface area contributed by atoms with E-state index in [1.807, 2.05) is 0 Å². The number of benzene rings is 1. The molecule has 1 aromatic carbocycles. The van der Waals surface area contributed by atoms with Crippen LogP contribution in [0.1, 0.15) is 0 Å². The van der Waals surface area contributed by atoms with Crippen molar-refractivity contribution in [2.45, 2.75) is 10.1 Å². The lowest BCUT2D eigenvalue weighted by atomic mass is 10.3. The molecule has 7 nitrogen and oxygen atoms in total. The van der Waals surface area contributed by atoms with Crippen LogP contribution in [0.4, 0.5) is 11.6 Å². The van der Waals surface area contributed by atoms with Crippen molar-refractivity contribution in [1.29, 1.82) is 0 Å². The number of hydrogen-bond acceptors (Lipinski definition) is 7. The quantitative estimate of drug-likeness (QED) is 0.679. The van der Waals surface area contributed by atoms with Crippen molar-refractivity contribution in [2.75, 3.05) is 5.73 Å². The van der Waals surface area contributed by atoms with E-state index < -0.39 is 4.92 Å². The monoisotopic (exact) mass is 283 g/mol. The molecule has 0 unspecified atom stereocenters. The minimum absolute atomic E-state index is 0.0300. The van der Waals surface area contributed by atoms with E-state index in [0.717, 1.165) is 11.8 Å². The maximum absolute atomic E-state index is 10.8. The summed E-state index contributed by atoms with van der Waals surface area (Å²) >= 11 is 6.63. The highest BCUT2D eigenvalue weighted by molar-refractivity contribution is 7.99. The van der Waals surface area contributed by atoms with Crippen LogP contribution < -0.4 is 5.73 Å². The summed E-state index contributed by atoms with van der Waals surface area (Å²) in [6, 6.07) is 6.25. The Balaban J connectivity index is 2.37. The average molecular weight is 284 g/mol. The second kappa shape index (κ2) is 5.15. The van der Waals surface area contributed by atoms with Gasteiger partial charge in [0.2, 0.25) is 11.2 Å². The Kier molecular flexibility index (Phi) is 3.58. The lowest BCUT2D eigenvalue weighted by Crippen LogP contribution is -1.99. The minimum Gasteiger partial charge on any atom is -0.368 e. The SMILES string of the molecule is Nc1nc(Cl)nc(Sc2ccccc2[N+](=O)[O-])n1. The van der Waals surface area contributed by atoms with Crippen LogP contribution in [0.2, 0.25) is 5.28 Å². The number of nitrogens with zero attached hydrogens (tertiary/aromatic N) is 4. The molecular weight excluding hydrogens is 278 g/mol. The van der Waals surface area contributed by atoms with Gasteiger partial charge in [0.1, 0.15) is 0 Å². The molecule has 9 heteroatoms. The fraction of sp³-hybridized carbons (Fsp3) is 0. The van der Waals surface area contributed by atoms with E-state index in [1.54, 1.807) is 18.2 Å². The molecule has 0 radical (unpaired) electrons. The summed E-state index contributed by atoms with van der Waals surface area (Å²) in [6.45, 7) is 0. The number of hydrogen-bond donors (Lipinski definition) is 1. The van der Waals surface area contributed by atoms with Gasteiger partial charge in [0.05, 0.1) is 9.82 Å². The molecule has 1 aromatic heterocycles. The van der Waals surface area contributed by atoms with Crippen molar-refractivity contribution in [2.24, 2.45) is 0 Å². The molecule has 0 aliphatic carbocycles. The van der Waals surface area contributed by atoms with Crippen molar-refractivity contribution < 1.29 is 4.92 Å². The molecule has 2 N–H and O–H groups in total. The fourth-order valence-corrected chi connectivity index (χ4v) is 2.26. The number of para-hydroxylation sites is 1. The first kappa shape index (κ1) is 12.5. The first-order chi connectivity index (χ1) is 8.56. The van der Waals surface area contributed by atoms with Gasteiger partial charge >= 0.3 is 0 Å². The second-order valence-corrected chi connectivity index (χ2v) is 4.42. The molecule has 0 saturated carbocycles. The third-order valence-corrected chi connectivity index (χ3v) is 2.97. The van der Waals surface area contributed by atoms with Gasteiger partial charge in [0.15, 0.2) is 5.16 Å². The first-order valence-electron chi connectivity index (χ1n) is 4.64. The molecule has 0 atom stereocenters. The third-order valence-electron chi connectivity index (χ3n) is 1.87. The normalized spacial score (nSPS) is 10.3. The van der Waals surface area contributed by atoms with Crippen LogP contribution in [0.15, 0.2) is 34.3 Å². The molecule has 0 spiro atoms. The molecule has 2 aromatic rings. The largest absolute Gasteiger partial charge is 0.368 e. The van der Waals surface area contributed by atoms with Gasteiger partial charge in [-0.25, -0.2) is 0 Å². The smallest absolute Gasteiger partial charge is 0.283 e. The van der Waals surface area contributed by atoms with E-state index in [9.17, 15) is 10.1 Å². The predicted octanol–water partition coefficient (Wildman–Crippen LogP) is 2.17. The van der Waals surface area contributed by atoms with Crippen LogP contribution in [-0.4, -0.2) is 19.9 Å². The molecule has 0 amide bonds. The maximum atomic E-state index is 10.8. The maximum Gasteiger partial charge on any atom is 0.283 e. The molecule has 0 fully saturated rings. The predicted molar refractivity (Wildman–Crippen MR) is 66.5 cm³/mol. The Morgan fingerprint density at radius 1 is 1.28 bits per heavy atom. The van der Waals surface area contributed by atoms with Gasteiger partial charge in [-0.15, -0.1) is 0 Å². The molecule has 0 aliphatic rings. The van der Waals surface area contributed by atoms with E-state index in [1.165, 1.54) is 6.07 Å². The number of rotatable bonds is 3. The van der Waals surface area contributed by atoms with E-state index in [2.05, 4.69) is 15.0 Å². The van der Waals surface area contributed by atoms with Crippen molar-refractivity contribution in [3.8, 4) is 0 Å². The number of nitro groups is 1. The topological polar surface area (TPSA) is 108 Å². The summed E-state index contributed by atoms with van der Waals surface area (Å²) in [5.74, 6) is -0.0314. The number of aromatic nitrogens is 3. The summed E-state index contributed by atoms with van der Waals surface area (Å²) in [4.78, 5) is 22.0. The van der Waals surface area contributed by atoms with Gasteiger partial charge in [0, 0.05) is 6.07 Å². The number of nitrogen functional groups attached to an aromatic ring is 1. The van der Waals surface area contributed by atoms with E-state index in [4.69, 9.17) is 17.3 Å². The highest BCUT2D eigenvalue weighted by atomic mass is 35.5. The summed E-state index contributed by atoms with van der Waals surface area (Å²) in [5, 5.41) is 11.0. The summed E-state index contributed by atoms with van der Waals surface area (Å²) in [6.07, 6.45) is 0. The van der Waals surface area contributed by atoms with Crippen LogP contribution in [0.5, 0.6) is 0 Å². The van der Waals surface area contributed by atoms with Crippen LogP contribution in [-0.2, 0) is 0 Å². The zero-order chi connectivity index (χ0) is 13.1. The lowest BCUT2D eigenvalue weighted by molar-refractivity contribution is -0.387. The van der Waals surface area contributed by atoms with Crippen molar-refractivity contribution in [3.05, 3.63) is 39.7 Å². The number of halogens is 1. The summed E-state index contributed by atoms with van der Waals surface area (Å²) < 4.78 is 0. The van der Waals surface area contributed by atoms with Crippen LogP contribution in [0, 0.1) is 10.1 Å².